The maximum Gasteiger partial charge on any atom is 0.260 e. The van der Waals surface area contributed by atoms with Crippen molar-refractivity contribution in [2.45, 2.75) is 25.8 Å². The van der Waals surface area contributed by atoms with Gasteiger partial charge < -0.3 is 4.43 Å². The molecule has 0 atom stereocenters. The van der Waals surface area contributed by atoms with E-state index in [-0.39, 0.29) is 0 Å². The van der Waals surface area contributed by atoms with E-state index >= 15 is 0 Å². The maximum atomic E-state index is 6.97. The first-order valence-electron chi connectivity index (χ1n) is 10.5. The summed E-state index contributed by atoms with van der Waals surface area (Å²) in [6, 6.07) is 31.5. The van der Waals surface area contributed by atoms with Crippen molar-refractivity contribution >= 4 is 40.2 Å². The highest BCUT2D eigenvalue weighted by Crippen LogP contribution is 2.24. The molecule has 0 aliphatic carbocycles. The lowest BCUT2D eigenvalue weighted by molar-refractivity contribution is 0.309. The maximum absolute atomic E-state index is 6.97. The summed E-state index contributed by atoms with van der Waals surface area (Å²) in [6.45, 7) is 7.14. The van der Waals surface area contributed by atoms with Crippen LogP contribution in [0, 0.1) is 0 Å². The fraction of sp³-hybridized carbons (Fsp3) is 0.185. The zero-order chi connectivity index (χ0) is 20.1. The summed E-state index contributed by atoms with van der Waals surface area (Å²) in [7, 11) is -2.53. The molecule has 0 saturated carbocycles. The van der Waals surface area contributed by atoms with Crippen LogP contribution in [0.25, 0.3) is 21.5 Å². The summed E-state index contributed by atoms with van der Waals surface area (Å²) in [5.74, 6) is 0. The third-order valence-corrected chi connectivity index (χ3v) is 9.90. The average molecular weight is 397 g/mol. The summed E-state index contributed by atoms with van der Waals surface area (Å²) in [5, 5.41) is 7.84. The largest absolute Gasteiger partial charge is 0.408 e. The van der Waals surface area contributed by atoms with Gasteiger partial charge in [-0.25, -0.2) is 0 Å². The first kappa shape index (κ1) is 19.6. The van der Waals surface area contributed by atoms with Crippen LogP contribution in [0.3, 0.4) is 0 Å². The van der Waals surface area contributed by atoms with Crippen LogP contribution in [0.15, 0.2) is 97.6 Å². The van der Waals surface area contributed by atoms with E-state index in [4.69, 9.17) is 4.43 Å². The Labute approximate surface area is 174 Å². The van der Waals surface area contributed by atoms with E-state index in [1.165, 1.54) is 31.9 Å². The molecule has 0 fully saturated rings. The molecule has 146 valence electrons. The highest BCUT2D eigenvalue weighted by Gasteiger charge is 2.40. The monoisotopic (exact) mass is 396 g/mol. The van der Waals surface area contributed by atoms with Crippen molar-refractivity contribution in [2.75, 3.05) is 6.61 Å². The van der Waals surface area contributed by atoms with Crippen molar-refractivity contribution in [1.29, 1.82) is 0 Å². The molecule has 0 unspecified atom stereocenters. The van der Waals surface area contributed by atoms with Gasteiger partial charge >= 0.3 is 0 Å². The molecule has 4 aromatic rings. The summed E-state index contributed by atoms with van der Waals surface area (Å²) in [4.78, 5) is 0. The van der Waals surface area contributed by atoms with Crippen LogP contribution >= 0.6 is 0 Å². The van der Waals surface area contributed by atoms with Gasteiger partial charge in [-0.3, -0.25) is 0 Å². The van der Waals surface area contributed by atoms with E-state index in [1.54, 1.807) is 0 Å². The third kappa shape index (κ3) is 3.66. The Morgan fingerprint density at radius 3 is 1.79 bits per heavy atom. The molecule has 4 rings (SSSR count). The summed E-state index contributed by atoms with van der Waals surface area (Å²) in [6.07, 6.45) is 4.26. The Kier molecular flexibility index (Phi) is 5.93. The topological polar surface area (TPSA) is 9.23 Å². The first-order valence-corrected chi connectivity index (χ1v) is 12.6. The number of hydrogen-bond acceptors (Lipinski definition) is 1. The molecule has 1 nitrogen and oxygen atoms in total. The fourth-order valence-electron chi connectivity index (χ4n) is 4.33. The highest BCUT2D eigenvalue weighted by atomic mass is 28.4. The molecule has 0 bridgehead atoms. The van der Waals surface area contributed by atoms with E-state index < -0.39 is 8.32 Å². The van der Waals surface area contributed by atoms with E-state index in [0.717, 1.165) is 25.5 Å². The molecule has 0 radical (unpaired) electrons. The molecular weight excluding hydrogens is 368 g/mol. The molecule has 29 heavy (non-hydrogen) atoms. The van der Waals surface area contributed by atoms with Crippen molar-refractivity contribution in [3.8, 4) is 0 Å². The standard InChI is InChI=1S/C27H28OSi/c1-3-5-20-28-29(21-4-2,26-18-10-14-22-12-6-8-16-24(22)26)27-19-11-15-23-13-7-9-17-25(23)27/h4,6-19H,2-3,5,20-21H2,1H3. The van der Waals surface area contributed by atoms with Crippen molar-refractivity contribution in [2.24, 2.45) is 0 Å². The number of unbranched alkanes of at least 4 members (excludes halogenated alkanes) is 1. The number of rotatable bonds is 8. The van der Waals surface area contributed by atoms with Gasteiger partial charge in [0.25, 0.3) is 8.32 Å². The zero-order valence-corrected chi connectivity index (χ0v) is 18.1. The van der Waals surface area contributed by atoms with Gasteiger partial charge in [0, 0.05) is 6.61 Å². The summed E-state index contributed by atoms with van der Waals surface area (Å²) >= 11 is 0. The third-order valence-electron chi connectivity index (χ3n) is 5.73. The molecule has 4 aromatic carbocycles. The van der Waals surface area contributed by atoms with Crippen LogP contribution in [-0.4, -0.2) is 14.9 Å². The second kappa shape index (κ2) is 8.77. The van der Waals surface area contributed by atoms with Gasteiger partial charge in [0.05, 0.1) is 0 Å². The lowest BCUT2D eigenvalue weighted by atomic mass is 10.1. The number of benzene rings is 4. The van der Waals surface area contributed by atoms with Gasteiger partial charge in [-0.1, -0.05) is 104 Å². The highest BCUT2D eigenvalue weighted by molar-refractivity contribution is 7.00. The van der Waals surface area contributed by atoms with Crippen LogP contribution in [0.5, 0.6) is 0 Å². The van der Waals surface area contributed by atoms with Gasteiger partial charge in [-0.2, -0.15) is 0 Å². The van der Waals surface area contributed by atoms with E-state index in [0.29, 0.717) is 0 Å². The normalized spacial score (nSPS) is 11.8. The van der Waals surface area contributed by atoms with Gasteiger partial charge in [-0.15, -0.1) is 6.58 Å². The minimum Gasteiger partial charge on any atom is -0.408 e. The van der Waals surface area contributed by atoms with Crippen LogP contribution in [0.1, 0.15) is 19.8 Å². The lowest BCUT2D eigenvalue weighted by Gasteiger charge is -2.33. The van der Waals surface area contributed by atoms with Gasteiger partial charge in [-0.05, 0) is 44.4 Å². The molecule has 0 amide bonds. The number of fused-ring (bicyclic) bond motifs is 2. The molecule has 0 aromatic heterocycles. The quantitative estimate of drug-likeness (QED) is 0.200. The second-order valence-electron chi connectivity index (χ2n) is 7.58. The van der Waals surface area contributed by atoms with Crippen molar-refractivity contribution in [3.63, 3.8) is 0 Å². The first-order chi connectivity index (χ1) is 14.3. The smallest absolute Gasteiger partial charge is 0.260 e. The molecule has 0 N–H and O–H groups in total. The molecule has 0 aliphatic rings. The Morgan fingerprint density at radius 1 is 0.759 bits per heavy atom. The molecule has 2 heteroatoms. The van der Waals surface area contributed by atoms with Crippen molar-refractivity contribution in [3.05, 3.63) is 97.6 Å². The number of allylic oxidation sites excluding steroid dienone is 1. The Bertz CT molecular complexity index is 1040. The Balaban J connectivity index is 2.04. The minimum atomic E-state index is -2.53. The van der Waals surface area contributed by atoms with Crippen LogP contribution in [0.2, 0.25) is 6.04 Å². The van der Waals surface area contributed by atoms with E-state index in [9.17, 15) is 0 Å². The molecule has 0 saturated heterocycles. The fourth-order valence-corrected chi connectivity index (χ4v) is 8.44. The predicted octanol–water partition coefficient (Wildman–Crippen LogP) is 6.06. The summed E-state index contributed by atoms with van der Waals surface area (Å²) in [5.41, 5.74) is 0. The van der Waals surface area contributed by atoms with Gasteiger partial charge in [0.2, 0.25) is 0 Å². The predicted molar refractivity (Wildman–Crippen MR) is 129 cm³/mol. The van der Waals surface area contributed by atoms with Crippen LogP contribution in [-0.2, 0) is 4.43 Å². The Hall–Kier alpha value is -2.68. The molecule has 0 aliphatic heterocycles. The van der Waals surface area contributed by atoms with Crippen molar-refractivity contribution < 1.29 is 4.43 Å². The summed E-state index contributed by atoms with van der Waals surface area (Å²) < 4.78 is 6.97. The lowest BCUT2D eigenvalue weighted by Crippen LogP contribution is -2.61. The molecule has 0 heterocycles. The van der Waals surface area contributed by atoms with Crippen LogP contribution in [0.4, 0.5) is 0 Å². The van der Waals surface area contributed by atoms with E-state index in [2.05, 4.69) is 105 Å². The molecule has 0 spiro atoms. The van der Waals surface area contributed by atoms with Crippen LogP contribution < -0.4 is 10.4 Å². The van der Waals surface area contributed by atoms with Gasteiger partial charge in [0.1, 0.15) is 0 Å². The van der Waals surface area contributed by atoms with Crippen molar-refractivity contribution in [1.82, 2.24) is 0 Å². The average Bonchev–Trinajstić information content (AvgIpc) is 2.78. The SMILES string of the molecule is C=CC[Si](OCCCC)(c1cccc2ccccc12)c1cccc2ccccc12. The van der Waals surface area contributed by atoms with Gasteiger partial charge in [0.15, 0.2) is 0 Å². The second-order valence-corrected chi connectivity index (χ2v) is 11.0. The number of hydrogen-bond donors (Lipinski definition) is 0. The molecular formula is C27H28OSi. The Morgan fingerprint density at radius 2 is 1.28 bits per heavy atom. The zero-order valence-electron chi connectivity index (χ0n) is 17.1. The minimum absolute atomic E-state index is 0.781. The van der Waals surface area contributed by atoms with E-state index in [1.807, 2.05) is 0 Å².